The molecule has 0 fully saturated rings. The standard InChI is InChI=1S/C16H33N3/c1-8-9-10-11-12-19-14(15(2,3)4)18(13-17-19)16(5,6)7/h13-14H,8-12H2,1-7H3. The van der Waals surface area contributed by atoms with Crippen LogP contribution < -0.4 is 0 Å². The summed E-state index contributed by atoms with van der Waals surface area (Å²) in [5.74, 6) is 0. The molecule has 0 aromatic rings. The Labute approximate surface area is 120 Å². The second-order valence-corrected chi connectivity index (χ2v) is 7.77. The minimum atomic E-state index is 0.125. The molecule has 3 nitrogen and oxygen atoms in total. The summed E-state index contributed by atoms with van der Waals surface area (Å²) >= 11 is 0. The zero-order valence-corrected chi connectivity index (χ0v) is 14.0. The van der Waals surface area contributed by atoms with Gasteiger partial charge in [0.25, 0.3) is 0 Å². The molecule has 0 aromatic carbocycles. The SMILES string of the molecule is CCCCCCN1N=CN(C(C)(C)C)C1C(C)(C)C. The number of hydrazone groups is 1. The van der Waals surface area contributed by atoms with E-state index in [1.807, 2.05) is 6.34 Å². The molecule has 0 spiro atoms. The van der Waals surface area contributed by atoms with E-state index < -0.39 is 0 Å². The van der Waals surface area contributed by atoms with Crippen LogP contribution in [0.15, 0.2) is 5.10 Å². The Morgan fingerprint density at radius 3 is 2.11 bits per heavy atom. The topological polar surface area (TPSA) is 18.8 Å². The fourth-order valence-corrected chi connectivity index (χ4v) is 2.68. The van der Waals surface area contributed by atoms with Crippen molar-refractivity contribution in [3.63, 3.8) is 0 Å². The third-order valence-electron chi connectivity index (χ3n) is 3.66. The Balaban J connectivity index is 2.69. The van der Waals surface area contributed by atoms with E-state index >= 15 is 0 Å². The van der Waals surface area contributed by atoms with Crippen LogP contribution in [0.1, 0.15) is 74.1 Å². The summed E-state index contributed by atoms with van der Waals surface area (Å²) in [7, 11) is 0. The molecule has 0 saturated carbocycles. The van der Waals surface area contributed by atoms with Crippen molar-refractivity contribution in [2.45, 2.75) is 85.9 Å². The van der Waals surface area contributed by atoms with Crippen LogP contribution in [0.2, 0.25) is 0 Å². The Morgan fingerprint density at radius 2 is 1.63 bits per heavy atom. The highest BCUT2D eigenvalue weighted by Crippen LogP contribution is 2.34. The highest BCUT2D eigenvalue weighted by molar-refractivity contribution is 5.58. The maximum atomic E-state index is 4.66. The molecule has 19 heavy (non-hydrogen) atoms. The second-order valence-electron chi connectivity index (χ2n) is 7.77. The zero-order valence-electron chi connectivity index (χ0n) is 14.0. The van der Waals surface area contributed by atoms with Crippen molar-refractivity contribution in [3.05, 3.63) is 0 Å². The second kappa shape index (κ2) is 6.15. The lowest BCUT2D eigenvalue weighted by Gasteiger charge is -2.45. The van der Waals surface area contributed by atoms with Crippen molar-refractivity contribution in [2.75, 3.05) is 6.54 Å². The van der Waals surface area contributed by atoms with E-state index in [4.69, 9.17) is 0 Å². The molecule has 0 N–H and O–H groups in total. The quantitative estimate of drug-likeness (QED) is 0.692. The van der Waals surface area contributed by atoms with Crippen molar-refractivity contribution in [1.82, 2.24) is 9.91 Å². The van der Waals surface area contributed by atoms with E-state index in [-0.39, 0.29) is 11.0 Å². The van der Waals surface area contributed by atoms with E-state index in [0.717, 1.165) is 6.54 Å². The molecule has 1 atom stereocenters. The monoisotopic (exact) mass is 267 g/mol. The number of nitrogens with zero attached hydrogens (tertiary/aromatic N) is 3. The molecular formula is C16H33N3. The summed E-state index contributed by atoms with van der Waals surface area (Å²) in [5.41, 5.74) is 0.328. The van der Waals surface area contributed by atoms with Crippen LogP contribution in [0.3, 0.4) is 0 Å². The summed E-state index contributed by atoms with van der Waals surface area (Å²) in [4.78, 5) is 2.41. The van der Waals surface area contributed by atoms with Gasteiger partial charge >= 0.3 is 0 Å². The van der Waals surface area contributed by atoms with E-state index in [0.29, 0.717) is 6.17 Å². The van der Waals surface area contributed by atoms with Crippen LogP contribution >= 0.6 is 0 Å². The van der Waals surface area contributed by atoms with E-state index in [9.17, 15) is 0 Å². The van der Waals surface area contributed by atoms with Crippen molar-refractivity contribution in [3.8, 4) is 0 Å². The summed E-state index contributed by atoms with van der Waals surface area (Å²) in [6.45, 7) is 17.0. The molecule has 0 amide bonds. The summed E-state index contributed by atoms with van der Waals surface area (Å²) in [6.07, 6.45) is 7.59. The Morgan fingerprint density at radius 1 is 1.00 bits per heavy atom. The highest BCUT2D eigenvalue weighted by atomic mass is 15.6. The van der Waals surface area contributed by atoms with Crippen LogP contribution in [0.25, 0.3) is 0 Å². The molecule has 3 heteroatoms. The predicted octanol–water partition coefficient (Wildman–Crippen LogP) is 4.30. The third-order valence-corrected chi connectivity index (χ3v) is 3.66. The van der Waals surface area contributed by atoms with Gasteiger partial charge in [-0.3, -0.25) is 5.01 Å². The Hall–Kier alpha value is -0.730. The lowest BCUT2D eigenvalue weighted by molar-refractivity contribution is -0.00198. The molecule has 1 heterocycles. The lowest BCUT2D eigenvalue weighted by Crippen LogP contribution is -2.55. The van der Waals surface area contributed by atoms with Gasteiger partial charge in [-0.15, -0.1) is 0 Å². The Bertz CT molecular complexity index is 296. The lowest BCUT2D eigenvalue weighted by atomic mass is 9.88. The van der Waals surface area contributed by atoms with E-state index in [2.05, 4.69) is 63.5 Å². The fraction of sp³-hybridized carbons (Fsp3) is 0.938. The summed E-state index contributed by atoms with van der Waals surface area (Å²) < 4.78 is 0. The van der Waals surface area contributed by atoms with Gasteiger partial charge in [0.2, 0.25) is 0 Å². The van der Waals surface area contributed by atoms with E-state index in [1.54, 1.807) is 0 Å². The fourth-order valence-electron chi connectivity index (χ4n) is 2.68. The van der Waals surface area contributed by atoms with Gasteiger partial charge in [0.05, 0.1) is 0 Å². The van der Waals surface area contributed by atoms with Crippen LogP contribution in [-0.4, -0.2) is 34.5 Å². The molecule has 0 bridgehead atoms. The molecule has 0 aliphatic carbocycles. The van der Waals surface area contributed by atoms with E-state index in [1.165, 1.54) is 25.7 Å². The molecule has 1 rings (SSSR count). The molecular weight excluding hydrogens is 234 g/mol. The van der Waals surface area contributed by atoms with Crippen molar-refractivity contribution < 1.29 is 0 Å². The van der Waals surface area contributed by atoms with Crippen LogP contribution in [0, 0.1) is 5.41 Å². The molecule has 0 radical (unpaired) electrons. The van der Waals surface area contributed by atoms with Gasteiger partial charge < -0.3 is 4.90 Å². The van der Waals surface area contributed by atoms with Gasteiger partial charge in [0, 0.05) is 17.5 Å². The molecule has 0 saturated heterocycles. The van der Waals surface area contributed by atoms with Crippen molar-refractivity contribution >= 4 is 6.34 Å². The summed E-state index contributed by atoms with van der Waals surface area (Å²) in [6, 6.07) is 0. The number of rotatable bonds is 5. The van der Waals surface area contributed by atoms with Gasteiger partial charge in [-0.2, -0.15) is 5.10 Å². The number of hydrogen-bond donors (Lipinski definition) is 0. The van der Waals surface area contributed by atoms with Gasteiger partial charge in [0.1, 0.15) is 12.5 Å². The van der Waals surface area contributed by atoms with Crippen LogP contribution in [-0.2, 0) is 0 Å². The normalized spacial score (nSPS) is 20.5. The van der Waals surface area contributed by atoms with Crippen molar-refractivity contribution in [1.29, 1.82) is 0 Å². The van der Waals surface area contributed by atoms with Crippen LogP contribution in [0.5, 0.6) is 0 Å². The first-order chi connectivity index (χ1) is 8.68. The highest BCUT2D eigenvalue weighted by Gasteiger charge is 2.41. The van der Waals surface area contributed by atoms with Gasteiger partial charge in [-0.1, -0.05) is 47.0 Å². The van der Waals surface area contributed by atoms with Gasteiger partial charge in [-0.25, -0.2) is 0 Å². The first kappa shape index (κ1) is 16.3. The first-order valence-electron chi connectivity index (χ1n) is 7.77. The van der Waals surface area contributed by atoms with Gasteiger partial charge in [0.15, 0.2) is 0 Å². The average molecular weight is 267 g/mol. The summed E-state index contributed by atoms with van der Waals surface area (Å²) in [5, 5.41) is 6.96. The average Bonchev–Trinajstić information content (AvgIpc) is 2.67. The minimum Gasteiger partial charge on any atom is -0.334 e. The third kappa shape index (κ3) is 4.39. The predicted molar refractivity (Wildman–Crippen MR) is 84.2 cm³/mol. The number of unbranched alkanes of at least 4 members (excludes halogenated alkanes) is 3. The maximum absolute atomic E-state index is 4.66. The minimum absolute atomic E-state index is 0.125. The molecule has 1 aliphatic rings. The maximum Gasteiger partial charge on any atom is 0.124 e. The van der Waals surface area contributed by atoms with Gasteiger partial charge in [-0.05, 0) is 27.2 Å². The molecule has 112 valence electrons. The molecule has 0 aromatic heterocycles. The largest absolute Gasteiger partial charge is 0.334 e. The molecule has 1 unspecified atom stereocenters. The smallest absolute Gasteiger partial charge is 0.124 e. The number of hydrogen-bond acceptors (Lipinski definition) is 3. The first-order valence-corrected chi connectivity index (χ1v) is 7.77. The van der Waals surface area contributed by atoms with Crippen molar-refractivity contribution in [2.24, 2.45) is 10.5 Å². The van der Waals surface area contributed by atoms with Crippen LogP contribution in [0.4, 0.5) is 0 Å². The molecule has 1 aliphatic heterocycles. The Kier molecular flexibility index (Phi) is 5.28. The zero-order chi connectivity index (χ0) is 14.7.